The van der Waals surface area contributed by atoms with Gasteiger partial charge in [-0.05, 0) is 105 Å². The van der Waals surface area contributed by atoms with Crippen LogP contribution in [0.15, 0.2) is 89.9 Å². The largest absolute Gasteiger partial charge is 0.354 e. The van der Waals surface area contributed by atoms with Gasteiger partial charge in [0.1, 0.15) is 0 Å². The zero-order chi connectivity index (χ0) is 28.1. The van der Waals surface area contributed by atoms with Gasteiger partial charge in [-0.3, -0.25) is 4.99 Å². The van der Waals surface area contributed by atoms with E-state index in [1.54, 1.807) is 0 Å². The molecule has 3 aromatic carbocycles. The Hall–Kier alpha value is -3.38. The van der Waals surface area contributed by atoms with E-state index >= 15 is 0 Å². The molecule has 1 aliphatic carbocycles. The fourth-order valence-corrected chi connectivity index (χ4v) is 5.17. The molecule has 0 aromatic heterocycles. The molecule has 1 unspecified atom stereocenters. The maximum Gasteiger partial charge on any atom is 0.0900 e. The van der Waals surface area contributed by atoms with Crippen LogP contribution in [0.25, 0.3) is 28.1 Å². The fourth-order valence-electron chi connectivity index (χ4n) is 4.92. The van der Waals surface area contributed by atoms with E-state index in [1.807, 2.05) is 66.7 Å². The summed E-state index contributed by atoms with van der Waals surface area (Å²) in [6, 6.07) is 28.1. The molecule has 0 amide bonds. The second-order valence-corrected chi connectivity index (χ2v) is 11.0. The summed E-state index contributed by atoms with van der Waals surface area (Å²) in [6.45, 7) is 10.7. The highest BCUT2D eigenvalue weighted by Crippen LogP contribution is 2.31. The second-order valence-electron chi connectivity index (χ2n) is 10.2. The molecular formula is C33H35Cl2N5. The van der Waals surface area contributed by atoms with Gasteiger partial charge in [0.05, 0.1) is 33.5 Å². The molecule has 0 fully saturated rings. The minimum Gasteiger partial charge on any atom is -0.354 e. The van der Waals surface area contributed by atoms with Gasteiger partial charge in [0.2, 0.25) is 0 Å². The Morgan fingerprint density at radius 1 is 0.900 bits per heavy atom. The van der Waals surface area contributed by atoms with Crippen LogP contribution in [0.2, 0.25) is 10.0 Å². The average Bonchev–Trinajstić information content (AvgIpc) is 2.97. The molecule has 5 nitrogen and oxygen atoms in total. The second kappa shape index (κ2) is 12.9. The van der Waals surface area contributed by atoms with Crippen molar-refractivity contribution in [2.45, 2.75) is 27.2 Å². The van der Waals surface area contributed by atoms with Crippen LogP contribution in [0.3, 0.4) is 0 Å². The SMILES string of the molecule is CCN(CC)CCC(C)C/N=c1\cc2n(-c3ccc(Cl)cc3)c3ccccc3nc-2cc1Nc1ccc(Cl)cc1. The summed E-state index contributed by atoms with van der Waals surface area (Å²) in [4.78, 5) is 12.7. The van der Waals surface area contributed by atoms with Gasteiger partial charge in [-0.15, -0.1) is 0 Å². The van der Waals surface area contributed by atoms with E-state index in [0.717, 1.165) is 77.4 Å². The highest BCUT2D eigenvalue weighted by Gasteiger charge is 2.17. The Labute approximate surface area is 246 Å². The standard InChI is InChI=1S/C33H35Cl2N5/c1-4-39(5-2)19-18-23(3)22-36-29-21-33-31(20-30(29)37-26-14-10-24(34)11-15-26)38-28-8-6-7-9-32(28)40(33)27-16-12-25(35)13-17-27/h6-17,20-21,23,37H,4-5,18-19,22H2,1-3H3/b36-29+. The Morgan fingerprint density at radius 3 is 2.27 bits per heavy atom. The third-order valence-electron chi connectivity index (χ3n) is 7.31. The zero-order valence-electron chi connectivity index (χ0n) is 23.2. The number of nitrogens with one attached hydrogen (secondary N) is 1. The van der Waals surface area contributed by atoms with Gasteiger partial charge in [0.25, 0.3) is 0 Å². The lowest BCUT2D eigenvalue weighted by molar-refractivity contribution is 0.281. The molecule has 1 atom stereocenters. The van der Waals surface area contributed by atoms with Crippen LogP contribution < -0.4 is 10.7 Å². The van der Waals surface area contributed by atoms with Crippen molar-refractivity contribution >= 4 is 45.6 Å². The summed E-state index contributed by atoms with van der Waals surface area (Å²) in [5, 5.41) is 5.88. The van der Waals surface area contributed by atoms with Crippen LogP contribution in [-0.2, 0) is 0 Å². The van der Waals surface area contributed by atoms with Crippen molar-refractivity contribution in [2.24, 2.45) is 10.9 Å². The number of fused-ring (bicyclic) bond motifs is 2. The van der Waals surface area contributed by atoms with E-state index < -0.39 is 0 Å². The quantitative estimate of drug-likeness (QED) is 0.171. The first-order valence-corrected chi connectivity index (χ1v) is 14.7. The molecule has 3 aromatic rings. The molecule has 206 valence electrons. The number of para-hydroxylation sites is 2. The van der Waals surface area contributed by atoms with E-state index in [0.29, 0.717) is 16.0 Å². The van der Waals surface area contributed by atoms with Crippen LogP contribution in [0.1, 0.15) is 27.2 Å². The first kappa shape index (κ1) is 28.2. The van der Waals surface area contributed by atoms with Gasteiger partial charge in [-0.25, -0.2) is 4.98 Å². The minimum atomic E-state index is 0.456. The van der Waals surface area contributed by atoms with Gasteiger partial charge < -0.3 is 14.8 Å². The number of benzene rings is 4. The summed E-state index contributed by atoms with van der Waals surface area (Å²) < 4.78 is 2.24. The Morgan fingerprint density at radius 2 is 1.57 bits per heavy atom. The molecule has 0 saturated carbocycles. The maximum atomic E-state index is 6.25. The minimum absolute atomic E-state index is 0.456. The van der Waals surface area contributed by atoms with Crippen LogP contribution in [0.4, 0.5) is 11.4 Å². The van der Waals surface area contributed by atoms with Crippen molar-refractivity contribution < 1.29 is 0 Å². The molecule has 0 saturated heterocycles. The van der Waals surface area contributed by atoms with Gasteiger partial charge in [0.15, 0.2) is 0 Å². The average molecular weight is 573 g/mol. The molecule has 0 bridgehead atoms. The molecule has 1 heterocycles. The number of hydrogen-bond donors (Lipinski definition) is 1. The summed E-state index contributed by atoms with van der Waals surface area (Å²) in [5.41, 5.74) is 6.67. The molecule has 1 aliphatic heterocycles. The first-order chi connectivity index (χ1) is 19.4. The van der Waals surface area contributed by atoms with Crippen molar-refractivity contribution in [3.63, 3.8) is 0 Å². The monoisotopic (exact) mass is 571 g/mol. The number of rotatable bonds is 10. The van der Waals surface area contributed by atoms with Gasteiger partial charge in [-0.2, -0.15) is 0 Å². The van der Waals surface area contributed by atoms with E-state index in [2.05, 4.69) is 53.8 Å². The number of nitrogens with zero attached hydrogens (tertiary/aromatic N) is 4. The summed E-state index contributed by atoms with van der Waals surface area (Å²) in [5.74, 6) is 0.456. The maximum absolute atomic E-state index is 6.25. The van der Waals surface area contributed by atoms with Crippen molar-refractivity contribution in [3.05, 3.63) is 100 Å². The Bertz CT molecular complexity index is 1610. The normalized spacial score (nSPS) is 12.9. The third-order valence-corrected chi connectivity index (χ3v) is 7.82. The number of aromatic nitrogens is 2. The molecule has 0 spiro atoms. The molecule has 2 aliphatic rings. The lowest BCUT2D eigenvalue weighted by atomic mass is 10.1. The van der Waals surface area contributed by atoms with Gasteiger partial charge >= 0.3 is 0 Å². The number of anilines is 2. The van der Waals surface area contributed by atoms with E-state index in [1.165, 1.54) is 0 Å². The molecule has 0 radical (unpaired) electrons. The highest BCUT2D eigenvalue weighted by atomic mass is 35.5. The lowest BCUT2D eigenvalue weighted by Crippen LogP contribution is -2.26. The van der Waals surface area contributed by atoms with E-state index in [-0.39, 0.29) is 0 Å². The fraction of sp³-hybridized carbons (Fsp3) is 0.273. The summed E-state index contributed by atoms with van der Waals surface area (Å²) >= 11 is 12.4. The van der Waals surface area contributed by atoms with Crippen LogP contribution in [0.5, 0.6) is 0 Å². The molecule has 1 N–H and O–H groups in total. The predicted octanol–water partition coefficient (Wildman–Crippen LogP) is 8.45. The van der Waals surface area contributed by atoms with Gasteiger partial charge in [0, 0.05) is 28.0 Å². The van der Waals surface area contributed by atoms with Gasteiger partial charge in [-0.1, -0.05) is 56.1 Å². The van der Waals surface area contributed by atoms with Crippen LogP contribution >= 0.6 is 23.2 Å². The van der Waals surface area contributed by atoms with E-state index in [9.17, 15) is 0 Å². The summed E-state index contributed by atoms with van der Waals surface area (Å²) in [7, 11) is 0. The highest BCUT2D eigenvalue weighted by molar-refractivity contribution is 6.30. The van der Waals surface area contributed by atoms with Crippen molar-refractivity contribution in [1.29, 1.82) is 0 Å². The van der Waals surface area contributed by atoms with Crippen LogP contribution in [0, 0.1) is 5.92 Å². The molecule has 40 heavy (non-hydrogen) atoms. The Kier molecular flexibility index (Phi) is 9.05. The first-order valence-electron chi connectivity index (χ1n) is 13.9. The topological polar surface area (TPSA) is 45.5 Å². The van der Waals surface area contributed by atoms with E-state index in [4.69, 9.17) is 33.2 Å². The molecule has 5 rings (SSSR count). The lowest BCUT2D eigenvalue weighted by Gasteiger charge is -2.21. The molecule has 7 heteroatoms. The van der Waals surface area contributed by atoms with Crippen molar-refractivity contribution in [1.82, 2.24) is 14.5 Å². The summed E-state index contributed by atoms with van der Waals surface area (Å²) in [6.07, 6.45) is 1.11. The Balaban J connectivity index is 1.64. The van der Waals surface area contributed by atoms with Crippen molar-refractivity contribution in [2.75, 3.05) is 31.5 Å². The third kappa shape index (κ3) is 6.49. The zero-order valence-corrected chi connectivity index (χ0v) is 24.8. The predicted molar refractivity (Wildman–Crippen MR) is 169 cm³/mol. The van der Waals surface area contributed by atoms with Crippen LogP contribution in [-0.4, -0.2) is 40.6 Å². The molecular weight excluding hydrogens is 537 g/mol. The smallest absolute Gasteiger partial charge is 0.0900 e. The number of hydrogen-bond acceptors (Lipinski definition) is 4. The number of halogens is 2. The van der Waals surface area contributed by atoms with Crippen molar-refractivity contribution in [3.8, 4) is 17.1 Å².